The predicted molar refractivity (Wildman–Crippen MR) is 53.8 cm³/mol. The fourth-order valence-corrected chi connectivity index (χ4v) is 2.86. The van der Waals surface area contributed by atoms with Crippen LogP contribution < -0.4 is 0 Å². The molecule has 1 heterocycles. The van der Waals surface area contributed by atoms with E-state index in [0.29, 0.717) is 0 Å². The van der Waals surface area contributed by atoms with Gasteiger partial charge in [-0.15, -0.1) is 0 Å². The Hall–Kier alpha value is -0.820. The van der Waals surface area contributed by atoms with Gasteiger partial charge in [0.2, 0.25) is 0 Å². The van der Waals surface area contributed by atoms with Crippen molar-refractivity contribution in [2.45, 2.75) is 25.3 Å². The van der Waals surface area contributed by atoms with E-state index in [1.165, 1.54) is 25.8 Å². The molecule has 1 atom stereocenters. The zero-order chi connectivity index (χ0) is 8.84. The lowest BCUT2D eigenvalue weighted by molar-refractivity contribution is 0.232. The molecule has 0 N–H and O–H groups in total. The molecule has 0 spiro atoms. The molecule has 1 aliphatic carbocycles. The molecule has 1 aromatic carbocycles. The van der Waals surface area contributed by atoms with E-state index in [9.17, 15) is 0 Å². The first-order chi connectivity index (χ1) is 6.36. The van der Waals surface area contributed by atoms with E-state index in [2.05, 4.69) is 30.1 Å². The minimum Gasteiger partial charge on any atom is -0.299 e. The standard InChI is InChI=1S/C12H15N/c1-13-8-7-10-4-2-3-9-5-6-11(13)12(9)10/h2-4,11H,5-8H2,1H3. The average Bonchev–Trinajstić information content (AvgIpc) is 2.57. The van der Waals surface area contributed by atoms with Crippen LogP contribution in [0.1, 0.15) is 29.2 Å². The number of aryl methyl sites for hydroxylation is 1. The minimum absolute atomic E-state index is 0.736. The second-order valence-corrected chi connectivity index (χ2v) is 4.28. The quantitative estimate of drug-likeness (QED) is 0.581. The normalized spacial score (nSPS) is 26.1. The molecule has 1 nitrogen and oxygen atoms in total. The maximum atomic E-state index is 2.51. The van der Waals surface area contributed by atoms with Gasteiger partial charge in [0.05, 0.1) is 0 Å². The first-order valence-corrected chi connectivity index (χ1v) is 5.17. The molecule has 68 valence electrons. The van der Waals surface area contributed by atoms with Gasteiger partial charge < -0.3 is 0 Å². The molecule has 0 aromatic heterocycles. The molecular weight excluding hydrogens is 158 g/mol. The van der Waals surface area contributed by atoms with Crippen LogP contribution >= 0.6 is 0 Å². The van der Waals surface area contributed by atoms with Crippen molar-refractivity contribution in [3.05, 3.63) is 34.9 Å². The summed E-state index contributed by atoms with van der Waals surface area (Å²) in [7, 11) is 2.26. The number of likely N-dealkylation sites (N-methyl/N-ethyl adjacent to an activating group) is 1. The van der Waals surface area contributed by atoms with E-state index in [1.807, 2.05) is 0 Å². The van der Waals surface area contributed by atoms with Crippen molar-refractivity contribution in [2.24, 2.45) is 0 Å². The minimum atomic E-state index is 0.736. The van der Waals surface area contributed by atoms with E-state index in [0.717, 1.165) is 6.04 Å². The molecule has 0 saturated heterocycles. The highest BCUT2D eigenvalue weighted by atomic mass is 15.1. The molecule has 1 aromatic rings. The lowest BCUT2D eigenvalue weighted by atomic mass is 9.94. The molecule has 1 aliphatic heterocycles. The Bertz CT molecular complexity index is 343. The van der Waals surface area contributed by atoms with Crippen LogP contribution in [0.2, 0.25) is 0 Å². The van der Waals surface area contributed by atoms with Crippen molar-refractivity contribution in [2.75, 3.05) is 13.6 Å². The van der Waals surface area contributed by atoms with Crippen molar-refractivity contribution >= 4 is 0 Å². The van der Waals surface area contributed by atoms with E-state index in [1.54, 1.807) is 16.7 Å². The molecule has 0 saturated carbocycles. The maximum Gasteiger partial charge on any atom is 0.0353 e. The van der Waals surface area contributed by atoms with Gasteiger partial charge in [-0.1, -0.05) is 18.2 Å². The van der Waals surface area contributed by atoms with Gasteiger partial charge in [0.15, 0.2) is 0 Å². The van der Waals surface area contributed by atoms with E-state index in [4.69, 9.17) is 0 Å². The molecule has 0 bridgehead atoms. The van der Waals surface area contributed by atoms with Gasteiger partial charge in [-0.25, -0.2) is 0 Å². The third kappa shape index (κ3) is 0.969. The largest absolute Gasteiger partial charge is 0.299 e. The fraction of sp³-hybridized carbons (Fsp3) is 0.500. The molecule has 1 heteroatoms. The lowest BCUT2D eigenvalue weighted by Crippen LogP contribution is -2.30. The third-order valence-electron chi connectivity index (χ3n) is 3.57. The monoisotopic (exact) mass is 173 g/mol. The molecular formula is C12H15N. The summed E-state index contributed by atoms with van der Waals surface area (Å²) in [5.74, 6) is 0. The molecule has 2 aliphatic rings. The summed E-state index contributed by atoms with van der Waals surface area (Å²) in [5.41, 5.74) is 4.88. The van der Waals surface area contributed by atoms with Crippen LogP contribution in [0.25, 0.3) is 0 Å². The topological polar surface area (TPSA) is 3.24 Å². The summed E-state index contributed by atoms with van der Waals surface area (Å²) in [5, 5.41) is 0. The Morgan fingerprint density at radius 3 is 2.85 bits per heavy atom. The second-order valence-electron chi connectivity index (χ2n) is 4.28. The van der Waals surface area contributed by atoms with Crippen LogP contribution in [0.5, 0.6) is 0 Å². The van der Waals surface area contributed by atoms with Crippen LogP contribution in [0.3, 0.4) is 0 Å². The summed E-state index contributed by atoms with van der Waals surface area (Å²) in [4.78, 5) is 2.51. The van der Waals surface area contributed by atoms with Gasteiger partial charge in [-0.3, -0.25) is 4.90 Å². The smallest absolute Gasteiger partial charge is 0.0353 e. The zero-order valence-corrected chi connectivity index (χ0v) is 8.09. The molecule has 0 radical (unpaired) electrons. The van der Waals surface area contributed by atoms with Crippen LogP contribution in [-0.2, 0) is 12.8 Å². The number of hydrogen-bond donors (Lipinski definition) is 0. The summed E-state index contributed by atoms with van der Waals surface area (Å²) in [6.07, 6.45) is 3.87. The summed E-state index contributed by atoms with van der Waals surface area (Å²) in [6.45, 7) is 1.24. The third-order valence-corrected chi connectivity index (χ3v) is 3.57. The van der Waals surface area contributed by atoms with Crippen molar-refractivity contribution in [3.8, 4) is 0 Å². The van der Waals surface area contributed by atoms with Crippen LogP contribution in [0, 0.1) is 0 Å². The zero-order valence-electron chi connectivity index (χ0n) is 8.09. The molecule has 0 fully saturated rings. The summed E-state index contributed by atoms with van der Waals surface area (Å²) >= 11 is 0. The number of rotatable bonds is 0. The van der Waals surface area contributed by atoms with Gasteiger partial charge in [0.1, 0.15) is 0 Å². The van der Waals surface area contributed by atoms with Gasteiger partial charge in [-0.05, 0) is 43.0 Å². The van der Waals surface area contributed by atoms with Gasteiger partial charge in [-0.2, -0.15) is 0 Å². The predicted octanol–water partition coefficient (Wildman–Crippen LogP) is 2.16. The van der Waals surface area contributed by atoms with E-state index < -0.39 is 0 Å². The van der Waals surface area contributed by atoms with Gasteiger partial charge >= 0.3 is 0 Å². The number of hydrogen-bond acceptors (Lipinski definition) is 1. The van der Waals surface area contributed by atoms with Crippen molar-refractivity contribution in [3.63, 3.8) is 0 Å². The van der Waals surface area contributed by atoms with Crippen LogP contribution in [0.4, 0.5) is 0 Å². The molecule has 0 amide bonds. The first kappa shape index (κ1) is 7.57. The molecule has 1 unspecified atom stereocenters. The molecule has 13 heavy (non-hydrogen) atoms. The maximum absolute atomic E-state index is 2.51. The van der Waals surface area contributed by atoms with Gasteiger partial charge in [0, 0.05) is 12.6 Å². The number of benzene rings is 1. The Morgan fingerprint density at radius 1 is 1.23 bits per heavy atom. The van der Waals surface area contributed by atoms with Crippen molar-refractivity contribution in [1.29, 1.82) is 0 Å². The summed E-state index contributed by atoms with van der Waals surface area (Å²) < 4.78 is 0. The fourth-order valence-electron chi connectivity index (χ4n) is 2.86. The first-order valence-electron chi connectivity index (χ1n) is 5.17. The summed E-state index contributed by atoms with van der Waals surface area (Å²) in [6, 6.07) is 7.57. The van der Waals surface area contributed by atoms with Gasteiger partial charge in [0.25, 0.3) is 0 Å². The van der Waals surface area contributed by atoms with E-state index in [-0.39, 0.29) is 0 Å². The SMILES string of the molecule is CN1CCc2cccc3c2C1CC3. The Morgan fingerprint density at radius 2 is 2.00 bits per heavy atom. The average molecular weight is 173 g/mol. The Kier molecular flexibility index (Phi) is 1.50. The van der Waals surface area contributed by atoms with Crippen molar-refractivity contribution < 1.29 is 0 Å². The van der Waals surface area contributed by atoms with E-state index >= 15 is 0 Å². The second kappa shape index (κ2) is 2.58. The Balaban J connectivity index is 2.19. The van der Waals surface area contributed by atoms with Crippen LogP contribution in [0.15, 0.2) is 18.2 Å². The molecule has 3 rings (SSSR count). The Labute approximate surface area is 79.4 Å². The van der Waals surface area contributed by atoms with Crippen LogP contribution in [-0.4, -0.2) is 18.5 Å². The van der Waals surface area contributed by atoms with Crippen molar-refractivity contribution in [1.82, 2.24) is 4.90 Å². The highest BCUT2D eigenvalue weighted by Gasteiger charge is 2.30. The number of nitrogens with zero attached hydrogens (tertiary/aromatic N) is 1. The highest BCUT2D eigenvalue weighted by molar-refractivity contribution is 5.42. The lowest BCUT2D eigenvalue weighted by Gasteiger charge is -2.31. The highest BCUT2D eigenvalue weighted by Crippen LogP contribution is 2.40.